The van der Waals surface area contributed by atoms with E-state index in [1.165, 1.54) is 6.20 Å². The van der Waals surface area contributed by atoms with Gasteiger partial charge in [-0.3, -0.25) is 4.79 Å². The molecule has 0 saturated carbocycles. The summed E-state index contributed by atoms with van der Waals surface area (Å²) >= 11 is 3.37. The maximum Gasteiger partial charge on any atom is 0.229 e. The van der Waals surface area contributed by atoms with Gasteiger partial charge in [-0.25, -0.2) is 4.68 Å². The third-order valence-electron chi connectivity index (χ3n) is 3.43. The molecule has 118 valence electrons. The van der Waals surface area contributed by atoms with Gasteiger partial charge < -0.3 is 5.32 Å². The number of nitrogens with one attached hydrogen (secondary N) is 1. The van der Waals surface area contributed by atoms with Crippen LogP contribution in [0.3, 0.4) is 0 Å². The van der Waals surface area contributed by atoms with Gasteiger partial charge in [-0.15, -0.1) is 0 Å². The van der Waals surface area contributed by atoms with Crippen molar-refractivity contribution in [1.29, 1.82) is 5.26 Å². The number of amides is 1. The number of benzene rings is 2. The van der Waals surface area contributed by atoms with E-state index in [1.807, 2.05) is 54.6 Å². The molecule has 1 N–H and O–H groups in total. The highest BCUT2D eigenvalue weighted by molar-refractivity contribution is 9.10. The van der Waals surface area contributed by atoms with Crippen molar-refractivity contribution in [2.75, 3.05) is 5.32 Å². The first kappa shape index (κ1) is 16.0. The Morgan fingerprint density at radius 1 is 1.17 bits per heavy atom. The van der Waals surface area contributed by atoms with Crippen molar-refractivity contribution in [2.24, 2.45) is 0 Å². The third kappa shape index (κ3) is 3.53. The molecule has 3 aromatic rings. The van der Waals surface area contributed by atoms with Crippen molar-refractivity contribution in [3.8, 4) is 11.8 Å². The lowest BCUT2D eigenvalue weighted by Crippen LogP contribution is -2.17. The lowest BCUT2D eigenvalue weighted by atomic mass is 10.1. The fourth-order valence-corrected chi connectivity index (χ4v) is 2.54. The molecule has 2 aromatic carbocycles. The zero-order valence-electron chi connectivity index (χ0n) is 12.6. The summed E-state index contributed by atoms with van der Waals surface area (Å²) in [6, 6.07) is 18.9. The number of hydrogen-bond donors (Lipinski definition) is 1. The summed E-state index contributed by atoms with van der Waals surface area (Å²) in [5, 5.41) is 16.3. The molecule has 0 saturated heterocycles. The lowest BCUT2D eigenvalue weighted by Gasteiger charge is -2.09. The van der Waals surface area contributed by atoms with E-state index in [1.54, 1.807) is 4.68 Å². The summed E-state index contributed by atoms with van der Waals surface area (Å²) in [5.74, 6) is 0.178. The number of rotatable bonds is 4. The van der Waals surface area contributed by atoms with Gasteiger partial charge in [-0.05, 0) is 29.8 Å². The highest BCUT2D eigenvalue weighted by atomic mass is 79.9. The van der Waals surface area contributed by atoms with Crippen LogP contribution < -0.4 is 5.32 Å². The standard InChI is InChI=1S/C18H13BrN4O/c19-15-8-6-13(7-9-15)10-17(24)22-18-14(11-20)12-21-23(18)16-4-2-1-3-5-16/h1-9,12H,10H2,(H,22,24). The summed E-state index contributed by atoms with van der Waals surface area (Å²) < 4.78 is 2.51. The van der Waals surface area contributed by atoms with Crippen molar-refractivity contribution in [2.45, 2.75) is 6.42 Å². The molecule has 0 aliphatic heterocycles. The first-order valence-corrected chi connectivity index (χ1v) is 8.04. The van der Waals surface area contributed by atoms with Gasteiger partial charge in [0.15, 0.2) is 5.82 Å². The largest absolute Gasteiger partial charge is 0.309 e. The molecule has 0 unspecified atom stereocenters. The number of hydrogen-bond acceptors (Lipinski definition) is 3. The van der Waals surface area contributed by atoms with Crippen LogP contribution in [0.2, 0.25) is 0 Å². The number of nitrogens with zero attached hydrogens (tertiary/aromatic N) is 3. The molecule has 0 bridgehead atoms. The van der Waals surface area contributed by atoms with Crippen LogP contribution in [0, 0.1) is 11.3 Å². The van der Waals surface area contributed by atoms with E-state index in [9.17, 15) is 10.1 Å². The highest BCUT2D eigenvalue weighted by Crippen LogP contribution is 2.20. The first-order valence-electron chi connectivity index (χ1n) is 7.25. The van der Waals surface area contributed by atoms with E-state index in [4.69, 9.17) is 0 Å². The van der Waals surface area contributed by atoms with Crippen LogP contribution in [0.25, 0.3) is 5.69 Å². The Kier molecular flexibility index (Phi) is 4.73. The maximum atomic E-state index is 12.3. The van der Waals surface area contributed by atoms with Crippen LogP contribution in [-0.2, 0) is 11.2 Å². The van der Waals surface area contributed by atoms with Crippen molar-refractivity contribution in [3.05, 3.63) is 76.4 Å². The van der Waals surface area contributed by atoms with Gasteiger partial charge in [0.1, 0.15) is 11.6 Å². The number of carbonyl (C=O) groups is 1. The van der Waals surface area contributed by atoms with E-state index >= 15 is 0 Å². The molecule has 0 spiro atoms. The molecule has 1 amide bonds. The van der Waals surface area contributed by atoms with Gasteiger partial charge in [-0.2, -0.15) is 10.4 Å². The van der Waals surface area contributed by atoms with Crippen molar-refractivity contribution in [1.82, 2.24) is 9.78 Å². The Hall–Kier alpha value is -2.91. The summed E-state index contributed by atoms with van der Waals surface area (Å²) in [6.45, 7) is 0. The predicted molar refractivity (Wildman–Crippen MR) is 94.8 cm³/mol. The Labute approximate surface area is 147 Å². The second-order valence-corrected chi connectivity index (χ2v) is 6.03. The highest BCUT2D eigenvalue weighted by Gasteiger charge is 2.15. The fourth-order valence-electron chi connectivity index (χ4n) is 2.28. The minimum atomic E-state index is -0.202. The quantitative estimate of drug-likeness (QED) is 0.750. The van der Waals surface area contributed by atoms with Gasteiger partial charge in [0.05, 0.1) is 18.3 Å². The average molecular weight is 381 g/mol. The van der Waals surface area contributed by atoms with Gasteiger partial charge in [-0.1, -0.05) is 46.3 Å². The molecule has 0 aliphatic rings. The smallest absolute Gasteiger partial charge is 0.229 e. The zero-order valence-corrected chi connectivity index (χ0v) is 14.2. The van der Waals surface area contributed by atoms with Gasteiger partial charge in [0.25, 0.3) is 0 Å². The minimum absolute atomic E-state index is 0.202. The van der Waals surface area contributed by atoms with Crippen LogP contribution in [0.15, 0.2) is 65.3 Å². The number of halogens is 1. The van der Waals surface area contributed by atoms with Crippen LogP contribution in [0.5, 0.6) is 0 Å². The number of para-hydroxylation sites is 1. The van der Waals surface area contributed by atoms with Crippen LogP contribution >= 0.6 is 15.9 Å². The van der Waals surface area contributed by atoms with E-state index in [-0.39, 0.29) is 12.3 Å². The second kappa shape index (κ2) is 7.11. The van der Waals surface area contributed by atoms with Gasteiger partial charge >= 0.3 is 0 Å². The number of nitriles is 1. The molecule has 1 heterocycles. The first-order chi connectivity index (χ1) is 11.7. The van der Waals surface area contributed by atoms with Crippen molar-refractivity contribution < 1.29 is 4.79 Å². The maximum absolute atomic E-state index is 12.3. The summed E-state index contributed by atoms with van der Waals surface area (Å²) in [7, 11) is 0. The summed E-state index contributed by atoms with van der Waals surface area (Å²) in [5.41, 5.74) is 1.99. The SMILES string of the molecule is N#Cc1cnn(-c2ccccc2)c1NC(=O)Cc1ccc(Br)cc1. The molecular formula is C18H13BrN4O. The summed E-state index contributed by atoms with van der Waals surface area (Å²) in [6.07, 6.45) is 1.67. The van der Waals surface area contributed by atoms with E-state index < -0.39 is 0 Å². The number of aromatic nitrogens is 2. The number of carbonyl (C=O) groups excluding carboxylic acids is 1. The van der Waals surface area contributed by atoms with E-state index in [2.05, 4.69) is 32.4 Å². The molecule has 0 atom stereocenters. The van der Waals surface area contributed by atoms with E-state index in [0.29, 0.717) is 11.4 Å². The van der Waals surface area contributed by atoms with Gasteiger partial charge in [0.2, 0.25) is 5.91 Å². The molecule has 1 aromatic heterocycles. The Bertz CT molecular complexity index is 895. The van der Waals surface area contributed by atoms with Crippen molar-refractivity contribution in [3.63, 3.8) is 0 Å². The minimum Gasteiger partial charge on any atom is -0.309 e. The molecule has 0 radical (unpaired) electrons. The lowest BCUT2D eigenvalue weighted by molar-refractivity contribution is -0.115. The zero-order chi connectivity index (χ0) is 16.9. The monoisotopic (exact) mass is 380 g/mol. The predicted octanol–water partition coefficient (Wildman–Crippen LogP) is 3.69. The fraction of sp³-hybridized carbons (Fsp3) is 0.0556. The Morgan fingerprint density at radius 2 is 1.88 bits per heavy atom. The molecular weight excluding hydrogens is 368 g/mol. The third-order valence-corrected chi connectivity index (χ3v) is 3.95. The van der Waals surface area contributed by atoms with E-state index in [0.717, 1.165) is 15.7 Å². The topological polar surface area (TPSA) is 70.7 Å². The normalized spacial score (nSPS) is 10.2. The van der Waals surface area contributed by atoms with Gasteiger partial charge in [0, 0.05) is 4.47 Å². The molecule has 0 aliphatic carbocycles. The molecule has 6 heteroatoms. The number of anilines is 1. The average Bonchev–Trinajstić information content (AvgIpc) is 3.00. The van der Waals surface area contributed by atoms with Crippen molar-refractivity contribution >= 4 is 27.7 Å². The molecule has 24 heavy (non-hydrogen) atoms. The Balaban J connectivity index is 1.84. The molecule has 3 rings (SSSR count). The van der Waals surface area contributed by atoms with Crippen LogP contribution in [0.4, 0.5) is 5.82 Å². The second-order valence-electron chi connectivity index (χ2n) is 5.12. The van der Waals surface area contributed by atoms with Crippen LogP contribution in [0.1, 0.15) is 11.1 Å². The summed E-state index contributed by atoms with van der Waals surface area (Å²) in [4.78, 5) is 12.3. The molecule has 0 fully saturated rings. The Morgan fingerprint density at radius 3 is 2.54 bits per heavy atom. The van der Waals surface area contributed by atoms with Crippen LogP contribution in [-0.4, -0.2) is 15.7 Å². The molecule has 5 nitrogen and oxygen atoms in total.